The fraction of sp³-hybridized carbons (Fsp3) is 0.750. The van der Waals surface area contributed by atoms with Crippen molar-refractivity contribution in [3.63, 3.8) is 0 Å². The number of hydrogen-bond donors (Lipinski definition) is 0. The van der Waals surface area contributed by atoms with Crippen molar-refractivity contribution in [2.24, 2.45) is 11.8 Å². The normalized spacial score (nSPS) is 38.0. The molecule has 0 heterocycles. The molecule has 3 heteroatoms. The van der Waals surface area contributed by atoms with E-state index in [9.17, 15) is 4.79 Å². The van der Waals surface area contributed by atoms with E-state index in [4.69, 9.17) is 9.47 Å². The third kappa shape index (κ3) is 1.81. The van der Waals surface area contributed by atoms with Crippen molar-refractivity contribution < 1.29 is 14.3 Å². The Balaban J connectivity index is 2.02. The molecule has 0 amide bonds. The molecule has 0 aromatic heterocycles. The zero-order valence-corrected chi connectivity index (χ0v) is 9.36. The Morgan fingerprint density at radius 2 is 1.87 bits per heavy atom. The molecule has 0 aliphatic heterocycles. The van der Waals surface area contributed by atoms with Gasteiger partial charge in [-0.05, 0) is 38.0 Å². The van der Waals surface area contributed by atoms with E-state index in [2.05, 4.69) is 6.58 Å². The molecule has 0 saturated heterocycles. The third-order valence-electron chi connectivity index (χ3n) is 3.63. The summed E-state index contributed by atoms with van der Waals surface area (Å²) in [4.78, 5) is 11.5. The van der Waals surface area contributed by atoms with Gasteiger partial charge < -0.3 is 9.47 Å². The second-order valence-corrected chi connectivity index (χ2v) is 4.68. The molecular formula is C12H18O3. The van der Waals surface area contributed by atoms with Gasteiger partial charge in [0, 0.05) is 12.7 Å². The van der Waals surface area contributed by atoms with Crippen molar-refractivity contribution in [1.82, 2.24) is 0 Å². The lowest BCUT2D eigenvalue weighted by molar-refractivity contribution is -0.155. The van der Waals surface area contributed by atoms with Crippen molar-refractivity contribution in [2.75, 3.05) is 7.11 Å². The number of methoxy groups -OCH3 is 1. The Morgan fingerprint density at radius 3 is 2.40 bits per heavy atom. The van der Waals surface area contributed by atoms with Gasteiger partial charge in [0.05, 0.1) is 6.10 Å². The average Bonchev–Trinajstić information content (AvgIpc) is 2.77. The smallest absolute Gasteiger partial charge is 0.333 e. The summed E-state index contributed by atoms with van der Waals surface area (Å²) < 4.78 is 10.9. The largest absolute Gasteiger partial charge is 0.456 e. The van der Waals surface area contributed by atoms with Crippen LogP contribution in [0.25, 0.3) is 0 Å². The zero-order chi connectivity index (χ0) is 11.0. The van der Waals surface area contributed by atoms with Crippen LogP contribution in [0.1, 0.15) is 26.2 Å². The van der Waals surface area contributed by atoms with Gasteiger partial charge in [-0.3, -0.25) is 0 Å². The van der Waals surface area contributed by atoms with Crippen LogP contribution < -0.4 is 0 Å². The van der Waals surface area contributed by atoms with Gasteiger partial charge in [-0.15, -0.1) is 0 Å². The molecule has 0 radical (unpaired) electrons. The summed E-state index contributed by atoms with van der Waals surface area (Å²) in [6, 6.07) is 0. The fourth-order valence-electron chi connectivity index (χ4n) is 2.90. The van der Waals surface area contributed by atoms with Crippen LogP contribution >= 0.6 is 0 Å². The molecule has 84 valence electrons. The zero-order valence-electron chi connectivity index (χ0n) is 9.36. The van der Waals surface area contributed by atoms with Gasteiger partial charge in [0.25, 0.3) is 0 Å². The van der Waals surface area contributed by atoms with E-state index in [0.717, 1.165) is 6.42 Å². The highest BCUT2D eigenvalue weighted by molar-refractivity contribution is 5.87. The molecule has 4 atom stereocenters. The molecule has 15 heavy (non-hydrogen) atoms. The van der Waals surface area contributed by atoms with Gasteiger partial charge in [0.1, 0.15) is 6.10 Å². The summed E-state index contributed by atoms with van der Waals surface area (Å²) in [5.74, 6) is 0.806. The highest BCUT2D eigenvalue weighted by atomic mass is 16.6. The number of fused-ring (bicyclic) bond motifs is 2. The Kier molecular flexibility index (Phi) is 2.83. The number of carbonyl (C=O) groups excluding carboxylic acids is 1. The standard InChI is InChI=1S/C12H18O3/c1-7(2)12(13)15-11-9-5-4-8(6-9)10(11)14-3/h8-11H,1,4-6H2,2-3H3. The fourth-order valence-corrected chi connectivity index (χ4v) is 2.90. The minimum atomic E-state index is -0.283. The van der Waals surface area contributed by atoms with Crippen molar-refractivity contribution in [1.29, 1.82) is 0 Å². The highest BCUT2D eigenvalue weighted by Gasteiger charge is 2.50. The Labute approximate surface area is 90.4 Å². The minimum Gasteiger partial charge on any atom is -0.456 e. The van der Waals surface area contributed by atoms with Gasteiger partial charge >= 0.3 is 5.97 Å². The van der Waals surface area contributed by atoms with Crippen LogP contribution in [-0.2, 0) is 14.3 Å². The predicted octanol–water partition coefficient (Wildman–Crippen LogP) is 1.92. The van der Waals surface area contributed by atoms with Gasteiger partial charge in [-0.2, -0.15) is 0 Å². The van der Waals surface area contributed by atoms with E-state index in [0.29, 0.717) is 17.4 Å². The summed E-state index contributed by atoms with van der Waals surface area (Å²) in [7, 11) is 1.70. The minimum absolute atomic E-state index is 0.0436. The van der Waals surface area contributed by atoms with E-state index in [1.165, 1.54) is 12.8 Å². The highest BCUT2D eigenvalue weighted by Crippen LogP contribution is 2.47. The summed E-state index contributed by atoms with van der Waals surface area (Å²) in [6.45, 7) is 5.27. The van der Waals surface area contributed by atoms with Crippen molar-refractivity contribution in [2.45, 2.75) is 38.4 Å². The third-order valence-corrected chi connectivity index (χ3v) is 3.63. The molecule has 2 fully saturated rings. The van der Waals surface area contributed by atoms with E-state index < -0.39 is 0 Å². The van der Waals surface area contributed by atoms with Gasteiger partial charge in [0.2, 0.25) is 0 Å². The molecule has 0 aromatic rings. The van der Waals surface area contributed by atoms with Crippen LogP contribution in [0.5, 0.6) is 0 Å². The molecular weight excluding hydrogens is 192 g/mol. The lowest BCUT2D eigenvalue weighted by atomic mass is 9.94. The van der Waals surface area contributed by atoms with E-state index in [-0.39, 0.29) is 18.2 Å². The van der Waals surface area contributed by atoms with Crippen LogP contribution in [0.15, 0.2) is 12.2 Å². The summed E-state index contributed by atoms with van der Waals surface area (Å²) in [6.07, 6.45) is 3.58. The number of ether oxygens (including phenoxy) is 2. The van der Waals surface area contributed by atoms with Crippen molar-refractivity contribution >= 4 is 5.97 Å². The van der Waals surface area contributed by atoms with E-state index in [1.807, 2.05) is 0 Å². The van der Waals surface area contributed by atoms with Gasteiger partial charge in [-0.1, -0.05) is 6.58 Å². The number of carbonyl (C=O) groups is 1. The number of rotatable bonds is 3. The first kappa shape index (κ1) is 10.7. The van der Waals surface area contributed by atoms with Crippen molar-refractivity contribution in [3.8, 4) is 0 Å². The molecule has 4 unspecified atom stereocenters. The van der Waals surface area contributed by atoms with E-state index >= 15 is 0 Å². The van der Waals surface area contributed by atoms with Crippen LogP contribution in [0.2, 0.25) is 0 Å². The SMILES string of the molecule is C=C(C)C(=O)OC1C2CCC(C2)C1OC. The molecule has 2 aliphatic carbocycles. The first-order valence-electron chi connectivity index (χ1n) is 5.52. The number of esters is 1. The second kappa shape index (κ2) is 3.97. The molecule has 0 aromatic carbocycles. The quantitative estimate of drug-likeness (QED) is 0.527. The van der Waals surface area contributed by atoms with Gasteiger partial charge in [0.15, 0.2) is 0 Å². The number of hydrogen-bond acceptors (Lipinski definition) is 3. The molecule has 2 aliphatic rings. The summed E-state index contributed by atoms with van der Waals surface area (Å²) >= 11 is 0. The van der Waals surface area contributed by atoms with Crippen LogP contribution in [0.4, 0.5) is 0 Å². The Bertz CT molecular complexity index is 285. The van der Waals surface area contributed by atoms with Crippen molar-refractivity contribution in [3.05, 3.63) is 12.2 Å². The maximum atomic E-state index is 11.5. The predicted molar refractivity (Wildman–Crippen MR) is 56.3 cm³/mol. The summed E-state index contributed by atoms with van der Waals surface area (Å²) in [5.41, 5.74) is 0.465. The Morgan fingerprint density at radius 1 is 1.27 bits per heavy atom. The average molecular weight is 210 g/mol. The van der Waals surface area contributed by atoms with Crippen LogP contribution in [0.3, 0.4) is 0 Å². The lowest BCUT2D eigenvalue weighted by Crippen LogP contribution is -2.38. The molecule has 2 saturated carbocycles. The van der Waals surface area contributed by atoms with Gasteiger partial charge in [-0.25, -0.2) is 4.79 Å². The lowest BCUT2D eigenvalue weighted by Gasteiger charge is -2.29. The molecule has 3 nitrogen and oxygen atoms in total. The first-order chi connectivity index (χ1) is 7.13. The molecule has 0 N–H and O–H groups in total. The topological polar surface area (TPSA) is 35.5 Å². The summed E-state index contributed by atoms with van der Waals surface area (Å²) in [5, 5.41) is 0. The maximum absolute atomic E-state index is 11.5. The second-order valence-electron chi connectivity index (χ2n) is 4.68. The maximum Gasteiger partial charge on any atom is 0.333 e. The first-order valence-corrected chi connectivity index (χ1v) is 5.52. The molecule has 2 rings (SSSR count). The Hall–Kier alpha value is -0.830. The van der Waals surface area contributed by atoms with E-state index in [1.54, 1.807) is 14.0 Å². The molecule has 0 spiro atoms. The molecule has 2 bridgehead atoms. The van der Waals surface area contributed by atoms with Crippen LogP contribution in [-0.4, -0.2) is 25.3 Å². The monoisotopic (exact) mass is 210 g/mol. The van der Waals surface area contributed by atoms with Crippen LogP contribution in [0, 0.1) is 11.8 Å².